The lowest BCUT2D eigenvalue weighted by molar-refractivity contribution is -0.159. The third-order valence-corrected chi connectivity index (χ3v) is 5.34. The first-order valence-corrected chi connectivity index (χ1v) is 9.30. The van der Waals surface area contributed by atoms with Crippen LogP contribution in [0.15, 0.2) is 42.5 Å². The van der Waals surface area contributed by atoms with Crippen LogP contribution in [0.4, 0.5) is 9.52 Å². The van der Waals surface area contributed by atoms with Crippen LogP contribution in [0.3, 0.4) is 0 Å². The van der Waals surface area contributed by atoms with Crippen molar-refractivity contribution in [2.24, 2.45) is 5.92 Å². The molecule has 0 aliphatic carbocycles. The van der Waals surface area contributed by atoms with Gasteiger partial charge in [-0.15, -0.1) is 0 Å². The second kappa shape index (κ2) is 8.35. The molecule has 1 unspecified atom stereocenters. The van der Waals surface area contributed by atoms with Gasteiger partial charge in [-0.3, -0.25) is 9.59 Å². The van der Waals surface area contributed by atoms with Crippen LogP contribution in [0.25, 0.3) is 10.2 Å². The van der Waals surface area contributed by atoms with E-state index in [1.165, 1.54) is 29.5 Å². The predicted octanol–water partition coefficient (Wildman–Crippen LogP) is 3.86. The lowest BCUT2D eigenvalue weighted by atomic mass is 9.92. The van der Waals surface area contributed by atoms with Crippen molar-refractivity contribution in [1.29, 1.82) is 0 Å². The van der Waals surface area contributed by atoms with E-state index < -0.39 is 29.7 Å². The van der Waals surface area contributed by atoms with Crippen molar-refractivity contribution in [1.82, 2.24) is 4.98 Å². The van der Waals surface area contributed by atoms with Crippen LogP contribution < -0.4 is 5.32 Å². The summed E-state index contributed by atoms with van der Waals surface area (Å²) < 4.78 is 25.0. The number of carbonyl (C=O) groups is 2. The fourth-order valence-corrected chi connectivity index (χ4v) is 3.95. The molecule has 0 radical (unpaired) electrons. The van der Waals surface area contributed by atoms with Gasteiger partial charge in [0, 0.05) is 5.56 Å². The summed E-state index contributed by atoms with van der Waals surface area (Å²) in [6.45, 7) is 1.94. The van der Waals surface area contributed by atoms with Gasteiger partial charge < -0.3 is 14.8 Å². The Hall–Kier alpha value is -3.00. The Bertz CT molecular complexity index is 1000. The molecule has 0 amide bonds. The van der Waals surface area contributed by atoms with Crippen LogP contribution in [0.2, 0.25) is 0 Å². The first kappa shape index (κ1) is 19.8. The van der Waals surface area contributed by atoms with E-state index in [0.717, 1.165) is 30.0 Å². The third kappa shape index (κ3) is 3.82. The van der Waals surface area contributed by atoms with Gasteiger partial charge in [0.2, 0.25) is 0 Å². The number of aromatic nitrogens is 1. The molecule has 1 atom stereocenters. The van der Waals surface area contributed by atoms with Crippen molar-refractivity contribution < 1.29 is 23.5 Å². The molecular formula is C20H19FN2O4S. The van der Waals surface area contributed by atoms with Gasteiger partial charge >= 0.3 is 11.9 Å². The number of carbonyl (C=O) groups excluding carboxylic acids is 2. The molecule has 28 heavy (non-hydrogen) atoms. The molecule has 2 aromatic carbocycles. The Morgan fingerprint density at radius 2 is 1.75 bits per heavy atom. The lowest BCUT2D eigenvalue weighted by Gasteiger charge is -2.25. The van der Waals surface area contributed by atoms with Gasteiger partial charge in [0.05, 0.1) is 30.5 Å². The van der Waals surface area contributed by atoms with E-state index in [1.54, 1.807) is 6.07 Å². The van der Waals surface area contributed by atoms with Gasteiger partial charge in [-0.1, -0.05) is 41.7 Å². The predicted molar refractivity (Wildman–Crippen MR) is 105 cm³/mol. The highest BCUT2D eigenvalue weighted by Crippen LogP contribution is 2.34. The smallest absolute Gasteiger partial charge is 0.322 e. The van der Waals surface area contributed by atoms with Crippen molar-refractivity contribution in [2.75, 3.05) is 19.5 Å². The number of nitrogens with zero attached hydrogens (tertiary/aromatic N) is 1. The molecule has 1 heterocycles. The molecule has 3 rings (SSSR count). The highest BCUT2D eigenvalue weighted by molar-refractivity contribution is 7.22. The fraction of sp³-hybridized carbons (Fsp3) is 0.250. The minimum Gasteiger partial charge on any atom is -0.468 e. The molecular weight excluding hydrogens is 383 g/mol. The van der Waals surface area contributed by atoms with Crippen molar-refractivity contribution >= 4 is 38.6 Å². The number of nitrogens with one attached hydrogen (secondary N) is 1. The second-order valence-corrected chi connectivity index (χ2v) is 7.14. The van der Waals surface area contributed by atoms with Gasteiger partial charge in [-0.25, -0.2) is 9.37 Å². The summed E-state index contributed by atoms with van der Waals surface area (Å²) in [6.07, 6.45) is 0. The van der Waals surface area contributed by atoms with Crippen molar-refractivity contribution in [2.45, 2.75) is 13.0 Å². The SMILES string of the molecule is COC(=O)C(C(=O)OC)C(Nc1nc2c(C)cccc2s1)c1ccccc1F. The molecule has 146 valence electrons. The van der Waals surface area contributed by atoms with E-state index in [9.17, 15) is 14.0 Å². The number of benzene rings is 2. The summed E-state index contributed by atoms with van der Waals surface area (Å²) in [5.41, 5.74) is 1.93. The molecule has 3 aromatic rings. The summed E-state index contributed by atoms with van der Waals surface area (Å²) in [7, 11) is 2.33. The van der Waals surface area contributed by atoms with Gasteiger partial charge in [-0.05, 0) is 24.6 Å². The molecule has 8 heteroatoms. The Morgan fingerprint density at radius 1 is 1.07 bits per heavy atom. The highest BCUT2D eigenvalue weighted by atomic mass is 32.1. The van der Waals surface area contributed by atoms with Crippen LogP contribution in [0.5, 0.6) is 0 Å². The van der Waals surface area contributed by atoms with Gasteiger partial charge in [0.15, 0.2) is 11.0 Å². The number of halogens is 1. The zero-order chi connectivity index (χ0) is 20.3. The number of ether oxygens (including phenoxy) is 2. The molecule has 0 bridgehead atoms. The lowest BCUT2D eigenvalue weighted by Crippen LogP contribution is -2.36. The van der Waals surface area contributed by atoms with Crippen molar-refractivity contribution in [3.05, 3.63) is 59.4 Å². The number of methoxy groups -OCH3 is 2. The van der Waals surface area contributed by atoms with E-state index in [4.69, 9.17) is 9.47 Å². The van der Waals surface area contributed by atoms with E-state index in [2.05, 4.69) is 10.3 Å². The van der Waals surface area contributed by atoms with Gasteiger partial charge in [0.1, 0.15) is 5.82 Å². The quantitative estimate of drug-likeness (QED) is 0.498. The fourth-order valence-electron chi connectivity index (χ4n) is 2.97. The minimum absolute atomic E-state index is 0.138. The number of para-hydroxylation sites is 1. The summed E-state index contributed by atoms with van der Waals surface area (Å²) in [4.78, 5) is 29.2. The normalized spacial score (nSPS) is 12.0. The number of aryl methyl sites for hydroxylation is 1. The number of fused-ring (bicyclic) bond motifs is 1. The van der Waals surface area contributed by atoms with E-state index in [1.807, 2.05) is 25.1 Å². The van der Waals surface area contributed by atoms with Crippen LogP contribution in [-0.4, -0.2) is 31.1 Å². The largest absolute Gasteiger partial charge is 0.468 e. The molecule has 0 fully saturated rings. The van der Waals surface area contributed by atoms with Gasteiger partial charge in [0.25, 0.3) is 0 Å². The summed E-state index contributed by atoms with van der Waals surface area (Å²) in [5.74, 6) is -3.62. The average Bonchev–Trinajstić information content (AvgIpc) is 3.11. The monoisotopic (exact) mass is 402 g/mol. The summed E-state index contributed by atoms with van der Waals surface area (Å²) in [6, 6.07) is 10.6. The molecule has 0 saturated heterocycles. The number of esters is 2. The maximum Gasteiger partial charge on any atom is 0.322 e. The minimum atomic E-state index is -1.40. The first-order chi connectivity index (χ1) is 13.5. The molecule has 0 spiro atoms. The number of anilines is 1. The number of thiazole rings is 1. The van der Waals surface area contributed by atoms with Crippen LogP contribution in [0.1, 0.15) is 17.2 Å². The number of hydrogen-bond donors (Lipinski definition) is 1. The Kier molecular flexibility index (Phi) is 5.89. The van der Waals surface area contributed by atoms with E-state index in [0.29, 0.717) is 5.13 Å². The molecule has 0 aliphatic rings. The van der Waals surface area contributed by atoms with E-state index in [-0.39, 0.29) is 5.56 Å². The number of rotatable bonds is 6. The molecule has 0 aliphatic heterocycles. The third-order valence-electron chi connectivity index (χ3n) is 4.38. The highest BCUT2D eigenvalue weighted by Gasteiger charge is 2.39. The number of hydrogen-bond acceptors (Lipinski definition) is 7. The molecule has 1 aromatic heterocycles. The second-order valence-electron chi connectivity index (χ2n) is 6.11. The molecule has 6 nitrogen and oxygen atoms in total. The van der Waals surface area contributed by atoms with Crippen molar-refractivity contribution in [3.8, 4) is 0 Å². The first-order valence-electron chi connectivity index (χ1n) is 8.49. The molecule has 1 N–H and O–H groups in total. The van der Waals surface area contributed by atoms with Crippen molar-refractivity contribution in [3.63, 3.8) is 0 Å². The topological polar surface area (TPSA) is 77.5 Å². The average molecular weight is 402 g/mol. The molecule has 0 saturated carbocycles. The van der Waals surface area contributed by atoms with E-state index >= 15 is 0 Å². The Morgan fingerprint density at radius 3 is 2.36 bits per heavy atom. The standard InChI is InChI=1S/C20H19FN2O4S/c1-11-7-6-10-14-16(11)22-20(28-14)23-17(12-8-4-5-9-13(12)21)15(18(24)26-2)19(25)27-3/h4-10,15,17H,1-3H3,(H,22,23). The van der Waals surface area contributed by atoms with Crippen LogP contribution >= 0.6 is 11.3 Å². The summed E-state index contributed by atoms with van der Waals surface area (Å²) >= 11 is 1.35. The summed E-state index contributed by atoms with van der Waals surface area (Å²) in [5, 5.41) is 3.50. The maximum atomic E-state index is 14.5. The van der Waals surface area contributed by atoms with Gasteiger partial charge in [-0.2, -0.15) is 0 Å². The van der Waals surface area contributed by atoms with Crippen LogP contribution in [-0.2, 0) is 19.1 Å². The Balaban J connectivity index is 2.09. The maximum absolute atomic E-state index is 14.5. The van der Waals surface area contributed by atoms with Crippen LogP contribution in [0, 0.1) is 18.7 Å². The zero-order valence-electron chi connectivity index (χ0n) is 15.6. The zero-order valence-corrected chi connectivity index (χ0v) is 16.4. The Labute approximate surface area is 165 Å².